The Morgan fingerprint density at radius 3 is 2.23 bits per heavy atom. The SMILES string of the molecule is CCNC(=O)[C@@H](C)N(Cc1ccc(Br)cc1)C(=O)CCCN(c1ccc(OCC)cc1)S(C)(=O)=O. The second kappa shape index (κ2) is 13.5. The van der Waals surface area contributed by atoms with Gasteiger partial charge >= 0.3 is 0 Å². The molecule has 10 heteroatoms. The monoisotopic (exact) mass is 567 g/mol. The fraction of sp³-hybridized carbons (Fsp3) is 0.440. The first-order chi connectivity index (χ1) is 16.6. The van der Waals surface area contributed by atoms with Crippen molar-refractivity contribution >= 4 is 43.5 Å². The van der Waals surface area contributed by atoms with Gasteiger partial charge in [-0.25, -0.2) is 8.42 Å². The summed E-state index contributed by atoms with van der Waals surface area (Å²) in [6.45, 7) is 6.80. The molecule has 0 aliphatic carbocycles. The van der Waals surface area contributed by atoms with Crippen LogP contribution in [0.2, 0.25) is 0 Å². The van der Waals surface area contributed by atoms with E-state index in [2.05, 4.69) is 21.2 Å². The molecule has 2 aromatic rings. The highest BCUT2D eigenvalue weighted by atomic mass is 79.9. The maximum absolute atomic E-state index is 13.2. The number of ether oxygens (including phenoxy) is 1. The van der Waals surface area contributed by atoms with Gasteiger partial charge < -0.3 is 15.0 Å². The number of anilines is 1. The van der Waals surface area contributed by atoms with Crippen LogP contribution in [0, 0.1) is 0 Å². The van der Waals surface area contributed by atoms with Gasteiger partial charge in [-0.15, -0.1) is 0 Å². The molecule has 1 atom stereocenters. The molecule has 2 aromatic carbocycles. The van der Waals surface area contributed by atoms with Crippen molar-refractivity contribution in [3.63, 3.8) is 0 Å². The molecule has 0 unspecified atom stereocenters. The summed E-state index contributed by atoms with van der Waals surface area (Å²) in [5.41, 5.74) is 1.40. The maximum atomic E-state index is 13.2. The van der Waals surface area contributed by atoms with Crippen molar-refractivity contribution < 1.29 is 22.7 Å². The van der Waals surface area contributed by atoms with Crippen molar-refractivity contribution in [3.05, 3.63) is 58.6 Å². The van der Waals surface area contributed by atoms with E-state index in [9.17, 15) is 18.0 Å². The van der Waals surface area contributed by atoms with Gasteiger partial charge in [-0.2, -0.15) is 0 Å². The van der Waals surface area contributed by atoms with Gasteiger partial charge in [-0.05, 0) is 69.2 Å². The zero-order valence-electron chi connectivity index (χ0n) is 20.7. The number of nitrogens with one attached hydrogen (secondary N) is 1. The smallest absolute Gasteiger partial charge is 0.242 e. The van der Waals surface area contributed by atoms with Crippen molar-refractivity contribution in [2.24, 2.45) is 0 Å². The van der Waals surface area contributed by atoms with E-state index in [0.29, 0.717) is 31.0 Å². The van der Waals surface area contributed by atoms with E-state index in [-0.39, 0.29) is 31.3 Å². The van der Waals surface area contributed by atoms with E-state index < -0.39 is 16.1 Å². The Labute approximate surface area is 216 Å². The second-order valence-electron chi connectivity index (χ2n) is 8.08. The van der Waals surface area contributed by atoms with Crippen molar-refractivity contribution in [1.29, 1.82) is 0 Å². The van der Waals surface area contributed by atoms with Crippen LogP contribution in [0.15, 0.2) is 53.0 Å². The van der Waals surface area contributed by atoms with E-state index >= 15 is 0 Å². The highest BCUT2D eigenvalue weighted by Gasteiger charge is 2.26. The number of sulfonamides is 1. The van der Waals surface area contributed by atoms with Crippen LogP contribution in [-0.2, 0) is 26.2 Å². The molecule has 0 aromatic heterocycles. The molecule has 1 N–H and O–H groups in total. The molecular formula is C25H34BrN3O5S. The van der Waals surface area contributed by atoms with E-state index in [1.807, 2.05) is 38.1 Å². The molecular weight excluding hydrogens is 534 g/mol. The summed E-state index contributed by atoms with van der Waals surface area (Å²) in [6, 6.07) is 13.7. The Hall–Kier alpha value is -2.59. The molecule has 192 valence electrons. The van der Waals surface area contributed by atoms with Gasteiger partial charge in [0.2, 0.25) is 21.8 Å². The Morgan fingerprint density at radius 1 is 1.06 bits per heavy atom. The molecule has 0 radical (unpaired) electrons. The molecule has 8 nitrogen and oxygen atoms in total. The van der Waals surface area contributed by atoms with Crippen LogP contribution < -0.4 is 14.4 Å². The fourth-order valence-electron chi connectivity index (χ4n) is 3.57. The molecule has 2 rings (SSSR count). The summed E-state index contributed by atoms with van der Waals surface area (Å²) in [4.78, 5) is 27.2. The minimum atomic E-state index is -3.55. The van der Waals surface area contributed by atoms with Crippen LogP contribution in [-0.4, -0.2) is 57.1 Å². The highest BCUT2D eigenvalue weighted by molar-refractivity contribution is 9.10. The lowest BCUT2D eigenvalue weighted by molar-refractivity contribution is -0.140. The predicted octanol–water partition coefficient (Wildman–Crippen LogP) is 3.95. The van der Waals surface area contributed by atoms with E-state index in [4.69, 9.17) is 4.74 Å². The number of benzene rings is 2. The van der Waals surface area contributed by atoms with Gasteiger partial charge in [0.1, 0.15) is 11.8 Å². The molecule has 2 amide bonds. The van der Waals surface area contributed by atoms with Crippen LogP contribution in [0.5, 0.6) is 5.75 Å². The fourth-order valence-corrected chi connectivity index (χ4v) is 4.80. The van der Waals surface area contributed by atoms with Crippen molar-refractivity contribution in [2.75, 3.05) is 30.3 Å². The third kappa shape index (κ3) is 8.85. The van der Waals surface area contributed by atoms with Crippen LogP contribution in [0.1, 0.15) is 39.2 Å². The van der Waals surface area contributed by atoms with Crippen LogP contribution in [0.25, 0.3) is 0 Å². The van der Waals surface area contributed by atoms with E-state index in [1.165, 1.54) is 9.21 Å². The molecule has 0 saturated heterocycles. The topological polar surface area (TPSA) is 96.0 Å². The number of nitrogens with zero attached hydrogens (tertiary/aromatic N) is 2. The van der Waals surface area contributed by atoms with Gasteiger partial charge in [0.05, 0.1) is 18.6 Å². The zero-order chi connectivity index (χ0) is 26.0. The third-order valence-electron chi connectivity index (χ3n) is 5.37. The number of hydrogen-bond donors (Lipinski definition) is 1. The summed E-state index contributed by atoms with van der Waals surface area (Å²) in [5.74, 6) is 0.208. The predicted molar refractivity (Wildman–Crippen MR) is 142 cm³/mol. The average Bonchev–Trinajstić information content (AvgIpc) is 2.81. The summed E-state index contributed by atoms with van der Waals surface area (Å²) >= 11 is 3.40. The Kier molecular flexibility index (Phi) is 11.0. The van der Waals surface area contributed by atoms with Crippen molar-refractivity contribution in [2.45, 2.75) is 46.2 Å². The zero-order valence-corrected chi connectivity index (χ0v) is 23.1. The van der Waals surface area contributed by atoms with Gasteiger partial charge in [0.15, 0.2) is 0 Å². The lowest BCUT2D eigenvalue weighted by Gasteiger charge is -2.29. The number of rotatable bonds is 13. The minimum absolute atomic E-state index is 0.101. The average molecular weight is 569 g/mol. The largest absolute Gasteiger partial charge is 0.494 e. The van der Waals surface area contributed by atoms with Gasteiger partial charge in [-0.1, -0.05) is 28.1 Å². The summed E-state index contributed by atoms with van der Waals surface area (Å²) in [5, 5.41) is 2.77. The van der Waals surface area contributed by atoms with Crippen LogP contribution in [0.3, 0.4) is 0 Å². The number of hydrogen-bond acceptors (Lipinski definition) is 5. The molecule has 0 fully saturated rings. The lowest BCUT2D eigenvalue weighted by Crippen LogP contribution is -2.47. The minimum Gasteiger partial charge on any atom is -0.494 e. The normalized spacial score (nSPS) is 12.0. The van der Waals surface area contributed by atoms with Crippen molar-refractivity contribution in [1.82, 2.24) is 10.2 Å². The first-order valence-electron chi connectivity index (χ1n) is 11.6. The Morgan fingerprint density at radius 2 is 1.69 bits per heavy atom. The van der Waals surface area contributed by atoms with Crippen molar-refractivity contribution in [3.8, 4) is 5.75 Å². The number of carbonyl (C=O) groups excluding carboxylic acids is 2. The van der Waals surface area contributed by atoms with Crippen LogP contribution in [0.4, 0.5) is 5.69 Å². The standard InChI is InChI=1S/C25H34BrN3O5S/c1-5-27-25(31)19(3)28(18-20-9-11-21(26)12-10-20)24(30)8-7-17-29(35(4,32)33)22-13-15-23(16-14-22)34-6-2/h9-16,19H,5-8,17-18H2,1-4H3,(H,27,31)/t19-/m1/s1. The molecule has 0 spiro atoms. The van der Waals surface area contributed by atoms with Gasteiger partial charge in [-0.3, -0.25) is 13.9 Å². The van der Waals surface area contributed by atoms with E-state index in [1.54, 1.807) is 31.2 Å². The first kappa shape index (κ1) is 28.6. The van der Waals surface area contributed by atoms with Crippen LogP contribution >= 0.6 is 15.9 Å². The molecule has 0 saturated carbocycles. The summed E-state index contributed by atoms with van der Waals surface area (Å²) < 4.78 is 32.5. The van der Waals surface area contributed by atoms with Gasteiger partial charge in [0, 0.05) is 30.5 Å². The van der Waals surface area contributed by atoms with Gasteiger partial charge in [0.25, 0.3) is 0 Å². The summed E-state index contributed by atoms with van der Waals surface area (Å²) in [7, 11) is -3.55. The number of carbonyl (C=O) groups is 2. The highest BCUT2D eigenvalue weighted by Crippen LogP contribution is 2.23. The van der Waals surface area contributed by atoms with E-state index in [0.717, 1.165) is 16.3 Å². The number of halogens is 1. The molecule has 35 heavy (non-hydrogen) atoms. The Balaban J connectivity index is 2.13. The molecule has 0 aliphatic heterocycles. The summed E-state index contributed by atoms with van der Waals surface area (Å²) in [6.07, 6.45) is 1.55. The third-order valence-corrected chi connectivity index (χ3v) is 7.10. The Bertz CT molecular complexity index is 1080. The maximum Gasteiger partial charge on any atom is 0.242 e. The second-order valence-corrected chi connectivity index (χ2v) is 10.9. The number of likely N-dealkylation sites (N-methyl/N-ethyl adjacent to an activating group) is 1. The molecule has 0 aliphatic rings. The lowest BCUT2D eigenvalue weighted by atomic mass is 10.1. The first-order valence-corrected chi connectivity index (χ1v) is 14.2. The molecule has 0 heterocycles. The quantitative estimate of drug-likeness (QED) is 0.395. The number of amides is 2. The molecule has 0 bridgehead atoms.